The molecule has 2 aromatic rings. The molecule has 0 bridgehead atoms. The molecule has 0 unspecified atom stereocenters. The van der Waals surface area contributed by atoms with Gasteiger partial charge in [-0.15, -0.1) is 0 Å². The molecular weight excluding hydrogens is 354 g/mol. The molecule has 0 saturated carbocycles. The molecule has 0 spiro atoms. The summed E-state index contributed by atoms with van der Waals surface area (Å²) in [5.41, 5.74) is 2.68. The van der Waals surface area contributed by atoms with Crippen molar-refractivity contribution >= 4 is 5.91 Å². The van der Waals surface area contributed by atoms with Crippen molar-refractivity contribution in [3.05, 3.63) is 53.0 Å². The van der Waals surface area contributed by atoms with Gasteiger partial charge in [0.25, 0.3) is 0 Å². The van der Waals surface area contributed by atoms with Crippen LogP contribution >= 0.6 is 0 Å². The van der Waals surface area contributed by atoms with Crippen LogP contribution in [0.15, 0.2) is 34.7 Å². The second kappa shape index (κ2) is 8.37. The highest BCUT2D eigenvalue weighted by atomic mass is 16.5. The first-order valence-corrected chi connectivity index (χ1v) is 10.1. The van der Waals surface area contributed by atoms with E-state index in [0.717, 1.165) is 63.0 Å². The summed E-state index contributed by atoms with van der Waals surface area (Å²) in [6.45, 7) is 8.51. The Kier molecular flexibility index (Phi) is 5.69. The smallest absolute Gasteiger partial charge is 0.236 e. The zero-order valence-electron chi connectivity index (χ0n) is 16.8. The number of hydrogen-bond donors (Lipinski definition) is 0. The van der Waals surface area contributed by atoms with Crippen LogP contribution in [0.4, 0.5) is 0 Å². The lowest BCUT2D eigenvalue weighted by molar-refractivity contribution is -0.132. The van der Waals surface area contributed by atoms with Crippen LogP contribution in [-0.2, 0) is 24.3 Å². The van der Waals surface area contributed by atoms with E-state index in [1.165, 1.54) is 11.1 Å². The molecular formula is C22H29N3O3. The SMILES string of the molecule is Cc1ccc(CN(C)C(=O)CN2CCN(Cc3ccc4c(c3)CCO4)CC2)o1. The summed E-state index contributed by atoms with van der Waals surface area (Å²) < 4.78 is 11.2. The molecule has 2 aliphatic rings. The Morgan fingerprint density at radius 3 is 2.64 bits per heavy atom. The first-order chi connectivity index (χ1) is 13.6. The highest BCUT2D eigenvalue weighted by Gasteiger charge is 2.21. The zero-order chi connectivity index (χ0) is 19.5. The van der Waals surface area contributed by atoms with Gasteiger partial charge in [-0.3, -0.25) is 14.6 Å². The van der Waals surface area contributed by atoms with Crippen LogP contribution in [0.25, 0.3) is 0 Å². The molecule has 28 heavy (non-hydrogen) atoms. The third-order valence-corrected chi connectivity index (χ3v) is 5.60. The molecule has 4 rings (SSSR count). The molecule has 6 nitrogen and oxygen atoms in total. The Hall–Kier alpha value is -2.31. The quantitative estimate of drug-likeness (QED) is 0.766. The summed E-state index contributed by atoms with van der Waals surface area (Å²) in [7, 11) is 1.84. The van der Waals surface area contributed by atoms with E-state index in [0.29, 0.717) is 13.1 Å². The number of amides is 1. The van der Waals surface area contributed by atoms with Crippen molar-refractivity contribution < 1.29 is 13.9 Å². The fraction of sp³-hybridized carbons (Fsp3) is 0.500. The number of carbonyl (C=O) groups excluding carboxylic acids is 1. The topological polar surface area (TPSA) is 49.2 Å². The number of fused-ring (bicyclic) bond motifs is 1. The highest BCUT2D eigenvalue weighted by molar-refractivity contribution is 5.77. The van der Waals surface area contributed by atoms with Gasteiger partial charge in [0.2, 0.25) is 5.91 Å². The molecule has 0 aliphatic carbocycles. The second-order valence-corrected chi connectivity index (χ2v) is 7.85. The number of hydrogen-bond acceptors (Lipinski definition) is 5. The van der Waals surface area contributed by atoms with Gasteiger partial charge in [-0.25, -0.2) is 0 Å². The standard InChI is InChI=1S/C22H29N3O3/c1-17-3-5-20(28-17)15-23(2)22(26)16-25-10-8-24(9-11-25)14-18-4-6-21-19(13-18)7-12-27-21/h3-6,13H,7-12,14-16H2,1-2H3. The molecule has 1 amide bonds. The van der Waals surface area contributed by atoms with Gasteiger partial charge in [-0.1, -0.05) is 12.1 Å². The number of aryl methyl sites for hydroxylation is 1. The summed E-state index contributed by atoms with van der Waals surface area (Å²) in [6, 6.07) is 10.4. The van der Waals surface area contributed by atoms with Crippen LogP contribution < -0.4 is 4.74 Å². The van der Waals surface area contributed by atoms with Crippen LogP contribution in [0, 0.1) is 6.92 Å². The second-order valence-electron chi connectivity index (χ2n) is 7.85. The molecule has 1 saturated heterocycles. The molecule has 1 fully saturated rings. The average Bonchev–Trinajstić information content (AvgIpc) is 3.31. The van der Waals surface area contributed by atoms with Gasteiger partial charge < -0.3 is 14.1 Å². The van der Waals surface area contributed by atoms with Crippen LogP contribution in [0.3, 0.4) is 0 Å². The molecule has 0 N–H and O–H groups in total. The Morgan fingerprint density at radius 2 is 1.89 bits per heavy atom. The van der Waals surface area contributed by atoms with Crippen molar-refractivity contribution in [1.82, 2.24) is 14.7 Å². The van der Waals surface area contributed by atoms with Crippen LogP contribution in [-0.4, -0.2) is 67.0 Å². The summed E-state index contributed by atoms with van der Waals surface area (Å²) in [5.74, 6) is 2.89. The molecule has 0 atom stereocenters. The number of carbonyl (C=O) groups is 1. The number of nitrogens with zero attached hydrogens (tertiary/aromatic N) is 3. The normalized spacial score (nSPS) is 17.4. The lowest BCUT2D eigenvalue weighted by atomic mass is 10.1. The largest absolute Gasteiger partial charge is 0.493 e. The Morgan fingerprint density at radius 1 is 1.11 bits per heavy atom. The molecule has 6 heteroatoms. The minimum atomic E-state index is 0.140. The molecule has 2 aliphatic heterocycles. The summed E-state index contributed by atoms with van der Waals surface area (Å²) >= 11 is 0. The average molecular weight is 383 g/mol. The van der Waals surface area contributed by atoms with Gasteiger partial charge in [0.15, 0.2) is 0 Å². The van der Waals surface area contributed by atoms with Crippen LogP contribution in [0.2, 0.25) is 0 Å². The first kappa shape index (κ1) is 19.0. The fourth-order valence-electron chi connectivity index (χ4n) is 3.91. The molecule has 0 radical (unpaired) electrons. The Bertz CT molecular complexity index is 824. The van der Waals surface area contributed by atoms with E-state index in [1.807, 2.05) is 26.1 Å². The highest BCUT2D eigenvalue weighted by Crippen LogP contribution is 2.26. The predicted molar refractivity (Wildman–Crippen MR) is 107 cm³/mol. The number of ether oxygens (including phenoxy) is 1. The van der Waals surface area contributed by atoms with Crippen molar-refractivity contribution in [2.24, 2.45) is 0 Å². The van der Waals surface area contributed by atoms with Crippen molar-refractivity contribution in [3.63, 3.8) is 0 Å². The van der Waals surface area contributed by atoms with E-state index in [9.17, 15) is 4.79 Å². The van der Waals surface area contributed by atoms with E-state index in [1.54, 1.807) is 4.90 Å². The van der Waals surface area contributed by atoms with Crippen molar-refractivity contribution in [1.29, 1.82) is 0 Å². The fourth-order valence-corrected chi connectivity index (χ4v) is 3.91. The Labute approximate surface area is 166 Å². The minimum Gasteiger partial charge on any atom is -0.493 e. The van der Waals surface area contributed by atoms with Gasteiger partial charge in [0.1, 0.15) is 17.3 Å². The van der Waals surface area contributed by atoms with Crippen molar-refractivity contribution in [2.75, 3.05) is 46.4 Å². The van der Waals surface area contributed by atoms with Crippen molar-refractivity contribution in [3.8, 4) is 5.75 Å². The summed E-state index contributed by atoms with van der Waals surface area (Å²) in [5, 5.41) is 0. The third-order valence-electron chi connectivity index (χ3n) is 5.60. The minimum absolute atomic E-state index is 0.140. The van der Waals surface area contributed by atoms with E-state index in [2.05, 4.69) is 28.0 Å². The maximum absolute atomic E-state index is 12.5. The first-order valence-electron chi connectivity index (χ1n) is 10.1. The number of likely N-dealkylation sites (N-methyl/N-ethyl adjacent to an activating group) is 1. The van der Waals surface area contributed by atoms with Gasteiger partial charge in [0, 0.05) is 46.2 Å². The van der Waals surface area contributed by atoms with Gasteiger partial charge >= 0.3 is 0 Å². The lowest BCUT2D eigenvalue weighted by Gasteiger charge is -2.35. The van der Waals surface area contributed by atoms with Gasteiger partial charge in [-0.2, -0.15) is 0 Å². The molecule has 150 valence electrons. The maximum atomic E-state index is 12.5. The van der Waals surface area contributed by atoms with E-state index in [4.69, 9.17) is 9.15 Å². The third kappa shape index (κ3) is 4.56. The van der Waals surface area contributed by atoms with E-state index >= 15 is 0 Å². The molecule has 3 heterocycles. The Balaban J connectivity index is 1.22. The zero-order valence-corrected chi connectivity index (χ0v) is 16.8. The summed E-state index contributed by atoms with van der Waals surface area (Å²) in [6.07, 6.45) is 1.02. The number of benzene rings is 1. The van der Waals surface area contributed by atoms with Gasteiger partial charge in [0.05, 0.1) is 19.7 Å². The van der Waals surface area contributed by atoms with Crippen LogP contribution in [0.5, 0.6) is 5.75 Å². The van der Waals surface area contributed by atoms with Gasteiger partial charge in [-0.05, 0) is 36.2 Å². The number of furan rings is 1. The van der Waals surface area contributed by atoms with Crippen molar-refractivity contribution in [2.45, 2.75) is 26.4 Å². The number of piperazine rings is 1. The van der Waals surface area contributed by atoms with Crippen LogP contribution in [0.1, 0.15) is 22.6 Å². The maximum Gasteiger partial charge on any atom is 0.236 e. The lowest BCUT2D eigenvalue weighted by Crippen LogP contribution is -2.49. The number of rotatable bonds is 6. The summed E-state index contributed by atoms with van der Waals surface area (Å²) in [4.78, 5) is 19.0. The van der Waals surface area contributed by atoms with E-state index < -0.39 is 0 Å². The molecule has 1 aromatic carbocycles. The monoisotopic (exact) mass is 383 g/mol. The molecule has 1 aromatic heterocycles. The predicted octanol–water partition coefficient (Wildman–Crippen LogP) is 2.30. The van der Waals surface area contributed by atoms with E-state index in [-0.39, 0.29) is 5.91 Å².